The summed E-state index contributed by atoms with van der Waals surface area (Å²) in [7, 11) is 0. The highest BCUT2D eigenvalue weighted by Crippen LogP contribution is 2.23. The second-order valence-corrected chi connectivity index (χ2v) is 5.94. The number of rotatable bonds is 2. The third-order valence-electron chi connectivity index (χ3n) is 3.14. The zero-order valence-corrected chi connectivity index (χ0v) is 11.2. The number of hydrogen-bond donors (Lipinski definition) is 1. The zero-order valence-electron chi connectivity index (χ0n) is 9.66. The van der Waals surface area contributed by atoms with Crippen molar-refractivity contribution in [2.45, 2.75) is 26.3 Å². The number of aromatic amines is 1. The second-order valence-electron chi connectivity index (χ2n) is 4.34. The monoisotopic (exact) mass is 274 g/mol. The maximum atomic E-state index is 11.9. The number of halogens is 1. The van der Waals surface area contributed by atoms with Crippen LogP contribution in [0.25, 0.3) is 0 Å². The van der Waals surface area contributed by atoms with E-state index < -0.39 is 5.69 Å². The lowest BCUT2D eigenvalue weighted by Gasteiger charge is -2.21. The molecule has 0 aromatic carbocycles. The maximum absolute atomic E-state index is 11.9. The largest absolute Gasteiger partial charge is 0.329 e. The van der Waals surface area contributed by atoms with Crippen molar-refractivity contribution in [2.24, 2.45) is 5.92 Å². The molecule has 1 aliphatic heterocycles. The Morgan fingerprint density at radius 3 is 2.71 bits per heavy atom. The third kappa shape index (κ3) is 2.77. The van der Waals surface area contributed by atoms with Crippen molar-refractivity contribution in [3.05, 3.63) is 31.6 Å². The van der Waals surface area contributed by atoms with Crippen LogP contribution in [0.1, 0.15) is 18.4 Å². The van der Waals surface area contributed by atoms with Crippen LogP contribution in [0.3, 0.4) is 0 Å². The van der Waals surface area contributed by atoms with Crippen LogP contribution in [-0.4, -0.2) is 21.1 Å². The Morgan fingerprint density at radius 2 is 2.06 bits per heavy atom. The van der Waals surface area contributed by atoms with Gasteiger partial charge >= 0.3 is 5.69 Å². The molecule has 2 heterocycles. The molecule has 0 aliphatic carbocycles. The molecule has 1 saturated heterocycles. The standard InChI is InChI=1S/C11H15ClN2O2S/c1-7-9(12)13-11(16)14(10(7)15)6-8-2-4-17-5-3-8/h8H,2-6H2,1H3,(H,13,16). The number of nitrogens with zero attached hydrogens (tertiary/aromatic N) is 1. The van der Waals surface area contributed by atoms with Crippen molar-refractivity contribution in [1.29, 1.82) is 0 Å². The van der Waals surface area contributed by atoms with E-state index in [1.165, 1.54) is 4.57 Å². The van der Waals surface area contributed by atoms with Crippen LogP contribution >= 0.6 is 23.4 Å². The summed E-state index contributed by atoms with van der Waals surface area (Å²) in [5.41, 5.74) is -0.253. The molecule has 0 bridgehead atoms. The summed E-state index contributed by atoms with van der Waals surface area (Å²) in [5, 5.41) is 0.149. The molecule has 1 aromatic rings. The van der Waals surface area contributed by atoms with E-state index in [2.05, 4.69) is 4.98 Å². The highest BCUT2D eigenvalue weighted by Gasteiger charge is 2.17. The molecule has 0 amide bonds. The first-order valence-electron chi connectivity index (χ1n) is 5.66. The Hall–Kier alpha value is -0.680. The Labute approximate surface area is 108 Å². The van der Waals surface area contributed by atoms with Gasteiger partial charge in [0.2, 0.25) is 0 Å². The summed E-state index contributed by atoms with van der Waals surface area (Å²) in [5.74, 6) is 2.66. The fourth-order valence-electron chi connectivity index (χ4n) is 2.00. The fraction of sp³-hybridized carbons (Fsp3) is 0.636. The number of hydrogen-bond acceptors (Lipinski definition) is 3. The SMILES string of the molecule is Cc1c(Cl)[nH]c(=O)n(CC2CCSCC2)c1=O. The Kier molecular flexibility index (Phi) is 3.99. The van der Waals surface area contributed by atoms with E-state index >= 15 is 0 Å². The molecule has 0 radical (unpaired) electrons. The van der Waals surface area contributed by atoms with Crippen molar-refractivity contribution >= 4 is 23.4 Å². The highest BCUT2D eigenvalue weighted by atomic mass is 35.5. The number of aromatic nitrogens is 2. The summed E-state index contributed by atoms with van der Waals surface area (Å²) in [4.78, 5) is 26.1. The van der Waals surface area contributed by atoms with Crippen LogP contribution in [-0.2, 0) is 6.54 Å². The summed E-state index contributed by atoms with van der Waals surface area (Å²) in [6, 6.07) is 0. The first kappa shape index (κ1) is 12.8. The molecule has 2 rings (SSSR count). The molecule has 0 spiro atoms. The van der Waals surface area contributed by atoms with Crippen LogP contribution in [0.2, 0.25) is 5.15 Å². The fourth-order valence-corrected chi connectivity index (χ4v) is 3.36. The Bertz CT molecular complexity index is 517. The summed E-state index contributed by atoms with van der Waals surface area (Å²) < 4.78 is 1.28. The molecular weight excluding hydrogens is 260 g/mol. The molecular formula is C11H15ClN2O2S. The van der Waals surface area contributed by atoms with Crippen molar-refractivity contribution in [2.75, 3.05) is 11.5 Å². The van der Waals surface area contributed by atoms with Crippen molar-refractivity contribution in [3.8, 4) is 0 Å². The van der Waals surface area contributed by atoms with Crippen LogP contribution < -0.4 is 11.2 Å². The highest BCUT2D eigenvalue weighted by molar-refractivity contribution is 7.99. The molecule has 94 valence electrons. The van der Waals surface area contributed by atoms with Crippen LogP contribution in [0.15, 0.2) is 9.59 Å². The predicted octanol–water partition coefficient (Wildman–Crippen LogP) is 1.64. The minimum atomic E-state index is -0.399. The molecule has 1 aliphatic rings. The van der Waals surface area contributed by atoms with E-state index in [1.54, 1.807) is 6.92 Å². The minimum Gasteiger partial charge on any atom is -0.297 e. The molecule has 1 N–H and O–H groups in total. The van der Waals surface area contributed by atoms with Crippen molar-refractivity contribution < 1.29 is 0 Å². The van der Waals surface area contributed by atoms with E-state index in [-0.39, 0.29) is 10.7 Å². The van der Waals surface area contributed by atoms with Gasteiger partial charge in [-0.05, 0) is 37.2 Å². The van der Waals surface area contributed by atoms with Crippen LogP contribution in [0.4, 0.5) is 0 Å². The van der Waals surface area contributed by atoms with Crippen LogP contribution in [0.5, 0.6) is 0 Å². The first-order valence-corrected chi connectivity index (χ1v) is 7.20. The van der Waals surface area contributed by atoms with E-state index in [4.69, 9.17) is 11.6 Å². The predicted molar refractivity (Wildman–Crippen MR) is 71.1 cm³/mol. The van der Waals surface area contributed by atoms with Crippen molar-refractivity contribution in [3.63, 3.8) is 0 Å². The topological polar surface area (TPSA) is 54.9 Å². The molecule has 17 heavy (non-hydrogen) atoms. The van der Waals surface area contributed by atoms with Gasteiger partial charge in [0.05, 0.1) is 0 Å². The molecule has 1 fully saturated rings. The van der Waals surface area contributed by atoms with E-state index in [0.717, 1.165) is 24.3 Å². The van der Waals surface area contributed by atoms with E-state index in [0.29, 0.717) is 18.0 Å². The molecule has 0 unspecified atom stereocenters. The van der Waals surface area contributed by atoms with Gasteiger partial charge in [0.15, 0.2) is 0 Å². The number of H-pyrrole nitrogens is 1. The van der Waals surface area contributed by atoms with Gasteiger partial charge in [-0.25, -0.2) is 4.79 Å². The number of nitrogens with one attached hydrogen (secondary N) is 1. The summed E-state index contributed by atoms with van der Waals surface area (Å²) in [6.07, 6.45) is 2.14. The average molecular weight is 275 g/mol. The third-order valence-corrected chi connectivity index (χ3v) is 4.57. The smallest absolute Gasteiger partial charge is 0.297 e. The van der Waals surface area contributed by atoms with Gasteiger partial charge in [0, 0.05) is 12.1 Å². The molecule has 0 atom stereocenters. The normalized spacial score (nSPS) is 17.3. The van der Waals surface area contributed by atoms with Gasteiger partial charge in [-0.15, -0.1) is 0 Å². The Balaban J connectivity index is 2.29. The lowest BCUT2D eigenvalue weighted by molar-refractivity contribution is 0.400. The van der Waals surface area contributed by atoms with Gasteiger partial charge in [-0.3, -0.25) is 14.3 Å². The van der Waals surface area contributed by atoms with E-state index in [9.17, 15) is 9.59 Å². The quantitative estimate of drug-likeness (QED) is 0.834. The molecule has 0 saturated carbocycles. The zero-order chi connectivity index (χ0) is 12.4. The van der Waals surface area contributed by atoms with Crippen molar-refractivity contribution in [1.82, 2.24) is 9.55 Å². The van der Waals surface area contributed by atoms with E-state index in [1.807, 2.05) is 11.8 Å². The first-order chi connectivity index (χ1) is 8.09. The van der Waals surface area contributed by atoms with Gasteiger partial charge in [-0.2, -0.15) is 11.8 Å². The lowest BCUT2D eigenvalue weighted by atomic mass is 10.0. The van der Waals surface area contributed by atoms with Gasteiger partial charge in [0.25, 0.3) is 5.56 Å². The second kappa shape index (κ2) is 5.31. The summed E-state index contributed by atoms with van der Waals surface area (Å²) >= 11 is 7.69. The molecule has 1 aromatic heterocycles. The maximum Gasteiger partial charge on any atom is 0.329 e. The summed E-state index contributed by atoms with van der Waals surface area (Å²) in [6.45, 7) is 2.14. The van der Waals surface area contributed by atoms with Crippen LogP contribution in [0, 0.1) is 12.8 Å². The van der Waals surface area contributed by atoms with Gasteiger partial charge < -0.3 is 0 Å². The minimum absolute atomic E-state index is 0.149. The lowest BCUT2D eigenvalue weighted by Crippen LogP contribution is -2.39. The average Bonchev–Trinajstić information content (AvgIpc) is 2.33. The Morgan fingerprint density at radius 1 is 1.41 bits per heavy atom. The van der Waals surface area contributed by atoms with Gasteiger partial charge in [-0.1, -0.05) is 11.6 Å². The molecule has 6 heteroatoms. The molecule has 4 nitrogen and oxygen atoms in total. The number of thioether (sulfide) groups is 1. The van der Waals surface area contributed by atoms with Gasteiger partial charge in [0.1, 0.15) is 5.15 Å².